The van der Waals surface area contributed by atoms with Crippen LogP contribution in [0.5, 0.6) is 0 Å². The number of hydrogen-bond donors (Lipinski definition) is 3. The highest BCUT2D eigenvalue weighted by atomic mass is 16.5. The van der Waals surface area contributed by atoms with E-state index in [0.29, 0.717) is 18.3 Å². The van der Waals surface area contributed by atoms with Gasteiger partial charge in [-0.15, -0.1) is 0 Å². The lowest BCUT2D eigenvalue weighted by Gasteiger charge is -2.22. The van der Waals surface area contributed by atoms with E-state index in [-0.39, 0.29) is 5.84 Å². The lowest BCUT2D eigenvalue weighted by molar-refractivity contribution is 0.0302. The molecule has 1 saturated carbocycles. The first-order valence-electron chi connectivity index (χ1n) is 7.54. The minimum absolute atomic E-state index is 0.0254. The van der Waals surface area contributed by atoms with Crippen molar-refractivity contribution in [2.75, 3.05) is 13.2 Å². The Bertz CT molecular complexity index is 459. The maximum Gasteiger partial charge on any atom is 0.188 e. The van der Waals surface area contributed by atoms with Crippen molar-refractivity contribution >= 4 is 5.84 Å². The molecule has 0 unspecified atom stereocenters. The highest BCUT2D eigenvalue weighted by Crippen LogP contribution is 2.19. The van der Waals surface area contributed by atoms with Gasteiger partial charge in [0.25, 0.3) is 0 Å². The predicted molar refractivity (Wildman–Crippen MR) is 81.3 cm³/mol. The van der Waals surface area contributed by atoms with Crippen LogP contribution in [0.15, 0.2) is 23.5 Å². The largest absolute Gasteiger partial charge is 0.409 e. The third-order valence-electron chi connectivity index (χ3n) is 3.71. The van der Waals surface area contributed by atoms with E-state index in [4.69, 9.17) is 15.7 Å². The third-order valence-corrected chi connectivity index (χ3v) is 3.71. The van der Waals surface area contributed by atoms with Crippen molar-refractivity contribution in [2.24, 2.45) is 10.9 Å². The van der Waals surface area contributed by atoms with E-state index in [0.717, 1.165) is 18.7 Å². The fourth-order valence-corrected chi connectivity index (χ4v) is 2.54. The summed E-state index contributed by atoms with van der Waals surface area (Å²) in [6.07, 6.45) is 8.46. The molecule has 1 fully saturated rings. The molecule has 1 heterocycles. The Labute approximate surface area is 125 Å². The molecule has 0 aliphatic heterocycles. The molecular formula is C15H24N4O2. The van der Waals surface area contributed by atoms with Gasteiger partial charge in [-0.1, -0.05) is 24.4 Å². The van der Waals surface area contributed by atoms with Crippen molar-refractivity contribution in [2.45, 2.75) is 44.8 Å². The minimum Gasteiger partial charge on any atom is -0.409 e. The van der Waals surface area contributed by atoms with Gasteiger partial charge in [0.15, 0.2) is 5.84 Å². The van der Waals surface area contributed by atoms with Gasteiger partial charge in [0.2, 0.25) is 0 Å². The van der Waals surface area contributed by atoms with E-state index in [9.17, 15) is 0 Å². The van der Waals surface area contributed by atoms with E-state index in [1.807, 2.05) is 12.1 Å². The van der Waals surface area contributed by atoms with Gasteiger partial charge in [-0.3, -0.25) is 4.98 Å². The maximum atomic E-state index is 8.64. The fraction of sp³-hybridized carbons (Fsp3) is 0.600. The molecule has 1 aliphatic carbocycles. The Morgan fingerprint density at radius 3 is 3.00 bits per heavy atom. The van der Waals surface area contributed by atoms with Gasteiger partial charge in [0, 0.05) is 19.3 Å². The van der Waals surface area contributed by atoms with Gasteiger partial charge < -0.3 is 21.0 Å². The molecule has 0 spiro atoms. The Morgan fingerprint density at radius 2 is 2.24 bits per heavy atom. The number of hydrogen-bond acceptors (Lipinski definition) is 5. The smallest absolute Gasteiger partial charge is 0.188 e. The molecule has 1 aliphatic rings. The average molecular weight is 292 g/mol. The summed E-state index contributed by atoms with van der Waals surface area (Å²) in [5.41, 5.74) is 7.05. The summed E-state index contributed by atoms with van der Waals surface area (Å²) in [6, 6.07) is 3.72. The van der Waals surface area contributed by atoms with Crippen LogP contribution in [0.4, 0.5) is 0 Å². The van der Waals surface area contributed by atoms with Crippen LogP contribution in [-0.2, 0) is 11.3 Å². The van der Waals surface area contributed by atoms with Crippen LogP contribution >= 0.6 is 0 Å². The number of rotatable bonds is 7. The topological polar surface area (TPSA) is 92.8 Å². The van der Waals surface area contributed by atoms with Crippen LogP contribution in [0.2, 0.25) is 0 Å². The van der Waals surface area contributed by atoms with Gasteiger partial charge >= 0.3 is 0 Å². The molecule has 21 heavy (non-hydrogen) atoms. The zero-order valence-corrected chi connectivity index (χ0v) is 12.3. The summed E-state index contributed by atoms with van der Waals surface area (Å²) >= 11 is 0. The second-order valence-electron chi connectivity index (χ2n) is 5.34. The number of pyridine rings is 1. The summed E-state index contributed by atoms with van der Waals surface area (Å²) in [5.74, 6) is 0.0254. The van der Waals surface area contributed by atoms with Gasteiger partial charge in [-0.05, 0) is 30.5 Å². The maximum absolute atomic E-state index is 8.64. The van der Waals surface area contributed by atoms with Crippen LogP contribution in [0.3, 0.4) is 0 Å². The number of nitrogens with one attached hydrogen (secondary N) is 1. The van der Waals surface area contributed by atoms with Crippen molar-refractivity contribution < 1.29 is 9.94 Å². The molecule has 0 amide bonds. The van der Waals surface area contributed by atoms with Gasteiger partial charge in [-0.25, -0.2) is 0 Å². The molecule has 1 aromatic rings. The van der Waals surface area contributed by atoms with Crippen LogP contribution < -0.4 is 11.1 Å². The number of amidine groups is 1. The lowest BCUT2D eigenvalue weighted by Crippen LogP contribution is -2.24. The van der Waals surface area contributed by atoms with Crippen molar-refractivity contribution in [3.05, 3.63) is 29.6 Å². The second-order valence-corrected chi connectivity index (χ2v) is 5.34. The first kappa shape index (κ1) is 15.7. The quantitative estimate of drug-likeness (QED) is 0.233. The zero-order valence-electron chi connectivity index (χ0n) is 12.3. The van der Waals surface area contributed by atoms with Crippen LogP contribution in [0.25, 0.3) is 0 Å². The van der Waals surface area contributed by atoms with Gasteiger partial charge in [0.1, 0.15) is 5.69 Å². The first-order valence-corrected chi connectivity index (χ1v) is 7.54. The standard InChI is InChI=1S/C15H24N4O2/c16-15(19-20)14-10-12(6-7-18-14)11-17-8-9-21-13-4-2-1-3-5-13/h6-7,10,13,17,20H,1-5,8-9,11H2,(H2,16,19). The van der Waals surface area contributed by atoms with Crippen molar-refractivity contribution in [1.29, 1.82) is 0 Å². The summed E-state index contributed by atoms with van der Waals surface area (Å²) in [4.78, 5) is 4.05. The van der Waals surface area contributed by atoms with E-state index in [1.165, 1.54) is 32.1 Å². The van der Waals surface area contributed by atoms with Gasteiger partial charge in [0.05, 0.1) is 12.7 Å². The molecule has 6 heteroatoms. The second kappa shape index (κ2) is 8.59. The lowest BCUT2D eigenvalue weighted by atomic mass is 9.98. The molecule has 116 valence electrons. The molecule has 4 N–H and O–H groups in total. The fourth-order valence-electron chi connectivity index (χ4n) is 2.54. The highest BCUT2D eigenvalue weighted by Gasteiger charge is 2.12. The number of ether oxygens (including phenoxy) is 1. The molecule has 2 rings (SSSR count). The van der Waals surface area contributed by atoms with Crippen LogP contribution in [0, 0.1) is 0 Å². The summed E-state index contributed by atoms with van der Waals surface area (Å²) in [5, 5.41) is 14.9. The van der Waals surface area contributed by atoms with E-state index in [2.05, 4.69) is 15.5 Å². The Kier molecular flexibility index (Phi) is 6.43. The van der Waals surface area contributed by atoms with E-state index < -0.39 is 0 Å². The number of aromatic nitrogens is 1. The van der Waals surface area contributed by atoms with Crippen molar-refractivity contribution in [1.82, 2.24) is 10.3 Å². The molecule has 0 saturated heterocycles. The molecule has 0 aromatic carbocycles. The van der Waals surface area contributed by atoms with Gasteiger partial charge in [-0.2, -0.15) is 0 Å². The zero-order chi connectivity index (χ0) is 14.9. The van der Waals surface area contributed by atoms with Crippen molar-refractivity contribution in [3.8, 4) is 0 Å². The van der Waals surface area contributed by atoms with Crippen molar-refractivity contribution in [3.63, 3.8) is 0 Å². The monoisotopic (exact) mass is 292 g/mol. The molecule has 1 aromatic heterocycles. The Hall–Kier alpha value is -1.66. The SMILES string of the molecule is NC(=NO)c1cc(CNCCOC2CCCCC2)ccn1. The molecular weight excluding hydrogens is 268 g/mol. The predicted octanol–water partition coefficient (Wildman–Crippen LogP) is 1.61. The summed E-state index contributed by atoms with van der Waals surface area (Å²) in [7, 11) is 0. The highest BCUT2D eigenvalue weighted by molar-refractivity contribution is 5.95. The number of oxime groups is 1. The van der Waals surface area contributed by atoms with Crippen LogP contribution in [-0.4, -0.2) is 35.3 Å². The molecule has 0 radical (unpaired) electrons. The van der Waals surface area contributed by atoms with E-state index >= 15 is 0 Å². The molecule has 0 bridgehead atoms. The Morgan fingerprint density at radius 1 is 1.43 bits per heavy atom. The molecule has 0 atom stereocenters. The first-order chi connectivity index (χ1) is 10.3. The Balaban J connectivity index is 1.66. The molecule has 6 nitrogen and oxygen atoms in total. The summed E-state index contributed by atoms with van der Waals surface area (Å²) < 4.78 is 5.85. The summed E-state index contributed by atoms with van der Waals surface area (Å²) in [6.45, 7) is 2.27. The normalized spacial score (nSPS) is 17.0. The van der Waals surface area contributed by atoms with E-state index in [1.54, 1.807) is 6.20 Å². The van der Waals surface area contributed by atoms with Crippen LogP contribution in [0.1, 0.15) is 43.4 Å². The average Bonchev–Trinajstić information content (AvgIpc) is 2.55. The third kappa shape index (κ3) is 5.32. The number of nitrogens with zero attached hydrogens (tertiary/aromatic N) is 2. The number of nitrogens with two attached hydrogens (primary N) is 1. The minimum atomic E-state index is 0.0254.